The molecule has 2 heterocycles. The third kappa shape index (κ3) is 3.80. The molecular formula is C25H25ClN2O2. The van der Waals surface area contributed by atoms with E-state index in [1.165, 1.54) is 0 Å². The first-order chi connectivity index (χ1) is 14.1. The number of nitrogens with one attached hydrogen (secondary N) is 1. The minimum Gasteiger partial charge on any atom is -0.457 e. The van der Waals surface area contributed by atoms with E-state index in [9.17, 15) is 4.79 Å². The number of fused-ring (bicyclic) bond motifs is 2. The van der Waals surface area contributed by atoms with Gasteiger partial charge in [-0.15, -0.1) is 0 Å². The molecule has 2 aromatic carbocycles. The van der Waals surface area contributed by atoms with Crippen LogP contribution in [-0.4, -0.2) is 10.9 Å². The third-order valence-corrected chi connectivity index (χ3v) is 5.61. The van der Waals surface area contributed by atoms with Gasteiger partial charge in [-0.1, -0.05) is 56.6 Å². The molecule has 154 valence electrons. The Morgan fingerprint density at radius 3 is 2.03 bits per heavy atom. The summed E-state index contributed by atoms with van der Waals surface area (Å²) in [4.78, 5) is 17.6. The lowest BCUT2D eigenvalue weighted by molar-refractivity contribution is 0.0941. The lowest BCUT2D eigenvalue weighted by atomic mass is 9.91. The van der Waals surface area contributed by atoms with E-state index < -0.39 is 0 Å². The Morgan fingerprint density at radius 2 is 1.53 bits per heavy atom. The highest BCUT2D eigenvalue weighted by Gasteiger charge is 2.30. The van der Waals surface area contributed by atoms with Crippen LogP contribution in [0.2, 0.25) is 5.15 Å². The van der Waals surface area contributed by atoms with E-state index in [1.807, 2.05) is 56.3 Å². The molecule has 1 aliphatic rings. The number of carbonyl (C=O) groups excluding carboxylic acids is 1. The Kier molecular flexibility index (Phi) is 5.07. The summed E-state index contributed by atoms with van der Waals surface area (Å²) in [7, 11) is 0. The molecule has 5 heteroatoms. The molecule has 1 amide bonds. The van der Waals surface area contributed by atoms with Crippen molar-refractivity contribution in [1.29, 1.82) is 0 Å². The standard InChI is InChI=1S/C25H25ClN2O2/c1-14-6-8-16-19(12-14)30-20-13-15(2)7-9-17(20)22(16)28-24(29)18-10-11-21(25(3,4)5)27-23(18)26/h6-13,22H,1-5H3,(H,28,29). The number of pyridine rings is 1. The summed E-state index contributed by atoms with van der Waals surface area (Å²) in [5.74, 6) is 1.24. The van der Waals surface area contributed by atoms with Crippen molar-refractivity contribution in [2.75, 3.05) is 0 Å². The molecule has 0 fully saturated rings. The highest BCUT2D eigenvalue weighted by molar-refractivity contribution is 6.32. The van der Waals surface area contributed by atoms with Crippen LogP contribution in [0, 0.1) is 13.8 Å². The van der Waals surface area contributed by atoms with E-state index in [1.54, 1.807) is 6.07 Å². The number of carbonyl (C=O) groups is 1. The van der Waals surface area contributed by atoms with Crippen molar-refractivity contribution in [2.24, 2.45) is 0 Å². The van der Waals surface area contributed by atoms with E-state index in [-0.39, 0.29) is 22.5 Å². The minimum absolute atomic E-state index is 0.146. The van der Waals surface area contributed by atoms with E-state index in [2.05, 4.69) is 31.1 Å². The number of halogens is 1. The molecular weight excluding hydrogens is 396 g/mol. The van der Waals surface area contributed by atoms with Gasteiger partial charge in [0.05, 0.1) is 11.6 Å². The van der Waals surface area contributed by atoms with Gasteiger partial charge in [-0.25, -0.2) is 4.98 Å². The van der Waals surface area contributed by atoms with E-state index in [0.717, 1.165) is 39.4 Å². The summed E-state index contributed by atoms with van der Waals surface area (Å²) in [6.45, 7) is 10.2. The average molecular weight is 421 g/mol. The van der Waals surface area contributed by atoms with Crippen LogP contribution in [0.5, 0.6) is 11.5 Å². The number of aryl methyl sites for hydroxylation is 2. The highest BCUT2D eigenvalue weighted by Crippen LogP contribution is 2.43. The molecule has 0 saturated heterocycles. The van der Waals surface area contributed by atoms with Crippen molar-refractivity contribution < 1.29 is 9.53 Å². The van der Waals surface area contributed by atoms with Gasteiger partial charge >= 0.3 is 0 Å². The van der Waals surface area contributed by atoms with Crippen LogP contribution in [0.15, 0.2) is 48.5 Å². The summed E-state index contributed by atoms with van der Waals surface area (Å²) in [5, 5.41) is 3.35. The number of ether oxygens (including phenoxy) is 1. The lowest BCUT2D eigenvalue weighted by Gasteiger charge is -2.29. The molecule has 0 atom stereocenters. The molecule has 0 radical (unpaired) electrons. The first-order valence-corrected chi connectivity index (χ1v) is 10.4. The monoisotopic (exact) mass is 420 g/mol. The van der Waals surface area contributed by atoms with Gasteiger partial charge < -0.3 is 10.1 Å². The summed E-state index contributed by atoms with van der Waals surface area (Å²) >= 11 is 6.39. The molecule has 0 saturated carbocycles. The van der Waals surface area contributed by atoms with Gasteiger partial charge in [-0.05, 0) is 49.2 Å². The Hall–Kier alpha value is -2.85. The van der Waals surface area contributed by atoms with Gasteiger partial charge in [0.25, 0.3) is 5.91 Å². The normalized spacial score (nSPS) is 13.3. The summed E-state index contributed by atoms with van der Waals surface area (Å²) < 4.78 is 6.14. The number of benzene rings is 2. The van der Waals surface area contributed by atoms with Gasteiger partial charge in [-0.3, -0.25) is 4.79 Å². The Morgan fingerprint density at radius 1 is 0.967 bits per heavy atom. The summed E-state index contributed by atoms with van der Waals surface area (Å²) in [6.07, 6.45) is 0. The van der Waals surface area contributed by atoms with Crippen LogP contribution in [0.4, 0.5) is 0 Å². The Bertz CT molecular complexity index is 1100. The molecule has 3 aromatic rings. The number of rotatable bonds is 2. The van der Waals surface area contributed by atoms with E-state index in [0.29, 0.717) is 5.56 Å². The highest BCUT2D eigenvalue weighted by atomic mass is 35.5. The molecule has 0 spiro atoms. The van der Waals surface area contributed by atoms with Crippen molar-refractivity contribution in [3.05, 3.63) is 87.2 Å². The zero-order chi connectivity index (χ0) is 21.6. The Balaban J connectivity index is 1.72. The molecule has 1 N–H and O–H groups in total. The Labute approximate surface area is 182 Å². The molecule has 4 rings (SSSR count). The lowest BCUT2D eigenvalue weighted by Crippen LogP contribution is -2.31. The van der Waals surface area contributed by atoms with E-state index >= 15 is 0 Å². The van der Waals surface area contributed by atoms with Gasteiger partial charge in [0.15, 0.2) is 0 Å². The minimum atomic E-state index is -0.337. The fraction of sp³-hybridized carbons (Fsp3) is 0.280. The van der Waals surface area contributed by atoms with Crippen LogP contribution in [0.1, 0.15) is 65.1 Å². The van der Waals surface area contributed by atoms with E-state index in [4.69, 9.17) is 16.3 Å². The molecule has 1 aliphatic heterocycles. The topological polar surface area (TPSA) is 51.2 Å². The maximum absolute atomic E-state index is 13.2. The van der Waals surface area contributed by atoms with Gasteiger partial charge in [0.2, 0.25) is 0 Å². The second-order valence-electron chi connectivity index (χ2n) is 8.88. The number of aromatic nitrogens is 1. The maximum Gasteiger partial charge on any atom is 0.255 e. The number of hydrogen-bond donors (Lipinski definition) is 1. The second kappa shape index (κ2) is 7.44. The molecule has 0 unspecified atom stereocenters. The number of amides is 1. The smallest absolute Gasteiger partial charge is 0.255 e. The van der Waals surface area contributed by atoms with Crippen LogP contribution in [-0.2, 0) is 5.41 Å². The van der Waals surface area contributed by atoms with Crippen LogP contribution in [0.3, 0.4) is 0 Å². The number of hydrogen-bond acceptors (Lipinski definition) is 3. The SMILES string of the molecule is Cc1ccc2c(c1)Oc1cc(C)ccc1C2NC(=O)c1ccc(C(C)(C)C)nc1Cl. The van der Waals surface area contributed by atoms with Gasteiger partial charge in [0.1, 0.15) is 16.7 Å². The number of nitrogens with zero attached hydrogens (tertiary/aromatic N) is 1. The maximum atomic E-state index is 13.2. The second-order valence-corrected chi connectivity index (χ2v) is 9.23. The summed E-state index contributed by atoms with van der Waals surface area (Å²) in [6, 6.07) is 15.3. The van der Waals surface area contributed by atoms with Crippen molar-refractivity contribution in [3.8, 4) is 11.5 Å². The fourth-order valence-corrected chi connectivity index (χ4v) is 3.85. The summed E-state index contributed by atoms with van der Waals surface area (Å²) in [5.41, 5.74) is 5.09. The van der Waals surface area contributed by atoms with Crippen molar-refractivity contribution in [3.63, 3.8) is 0 Å². The largest absolute Gasteiger partial charge is 0.457 e. The van der Waals surface area contributed by atoms with Crippen molar-refractivity contribution >= 4 is 17.5 Å². The molecule has 30 heavy (non-hydrogen) atoms. The molecule has 0 aliphatic carbocycles. The third-order valence-electron chi connectivity index (χ3n) is 5.32. The van der Waals surface area contributed by atoms with Crippen molar-refractivity contribution in [1.82, 2.24) is 10.3 Å². The predicted molar refractivity (Wildman–Crippen MR) is 120 cm³/mol. The van der Waals surface area contributed by atoms with Crippen molar-refractivity contribution in [2.45, 2.75) is 46.1 Å². The predicted octanol–water partition coefficient (Wildman–Crippen LogP) is 6.27. The van der Waals surface area contributed by atoms with Crippen LogP contribution >= 0.6 is 11.6 Å². The molecule has 0 bridgehead atoms. The average Bonchev–Trinajstić information content (AvgIpc) is 2.66. The van der Waals surface area contributed by atoms with Gasteiger partial charge in [-0.2, -0.15) is 0 Å². The molecule has 4 nitrogen and oxygen atoms in total. The first kappa shape index (κ1) is 20.4. The fourth-order valence-electron chi connectivity index (χ4n) is 3.61. The zero-order valence-corrected chi connectivity index (χ0v) is 18.6. The first-order valence-electron chi connectivity index (χ1n) is 10.0. The van der Waals surface area contributed by atoms with Gasteiger partial charge in [0, 0.05) is 22.2 Å². The quantitative estimate of drug-likeness (QED) is 0.496. The van der Waals surface area contributed by atoms with Crippen LogP contribution in [0.25, 0.3) is 0 Å². The van der Waals surface area contributed by atoms with Crippen LogP contribution < -0.4 is 10.1 Å². The zero-order valence-electron chi connectivity index (χ0n) is 17.8. The molecule has 1 aromatic heterocycles.